The molecular formula is C19H29N3O. The molecule has 2 fully saturated rings. The summed E-state index contributed by atoms with van der Waals surface area (Å²) in [5.41, 5.74) is 7.30. The molecule has 3 rings (SSSR count). The molecule has 1 aromatic carbocycles. The molecule has 0 aromatic heterocycles. The fourth-order valence-corrected chi connectivity index (χ4v) is 3.97. The van der Waals surface area contributed by atoms with Crippen molar-refractivity contribution < 1.29 is 4.79 Å². The van der Waals surface area contributed by atoms with Crippen molar-refractivity contribution in [1.29, 1.82) is 0 Å². The Kier molecular flexibility index (Phi) is 5.34. The van der Waals surface area contributed by atoms with E-state index in [9.17, 15) is 4.79 Å². The largest absolute Gasteiger partial charge is 0.341 e. The van der Waals surface area contributed by atoms with Crippen LogP contribution in [0.2, 0.25) is 0 Å². The predicted octanol–water partition coefficient (Wildman–Crippen LogP) is 2.24. The Morgan fingerprint density at radius 2 is 1.87 bits per heavy atom. The molecule has 0 radical (unpaired) electrons. The van der Waals surface area contributed by atoms with E-state index in [-0.39, 0.29) is 12.1 Å². The van der Waals surface area contributed by atoms with Crippen LogP contribution in [0, 0.1) is 5.92 Å². The number of likely N-dealkylation sites (tertiary alicyclic amines) is 2. The molecular weight excluding hydrogens is 286 g/mol. The molecule has 4 heteroatoms. The normalized spacial score (nSPS) is 24.8. The Morgan fingerprint density at radius 1 is 1.17 bits per heavy atom. The van der Waals surface area contributed by atoms with Gasteiger partial charge in [-0.3, -0.25) is 9.69 Å². The van der Waals surface area contributed by atoms with Gasteiger partial charge in [-0.15, -0.1) is 0 Å². The Balaban J connectivity index is 1.58. The van der Waals surface area contributed by atoms with Crippen LogP contribution in [0.15, 0.2) is 30.3 Å². The summed E-state index contributed by atoms with van der Waals surface area (Å²) in [6.07, 6.45) is 4.22. The first-order valence-electron chi connectivity index (χ1n) is 8.97. The Bertz CT molecular complexity index is 509. The van der Waals surface area contributed by atoms with E-state index in [0.29, 0.717) is 11.8 Å². The highest BCUT2D eigenvalue weighted by molar-refractivity contribution is 5.82. The highest BCUT2D eigenvalue weighted by Gasteiger charge is 2.35. The SMILES string of the molecule is CC(N)C1CCN(C(=O)C2CCCN2Cc2ccccc2)CC1. The summed E-state index contributed by atoms with van der Waals surface area (Å²) in [7, 11) is 0. The molecule has 126 valence electrons. The van der Waals surface area contributed by atoms with Gasteiger partial charge in [-0.25, -0.2) is 0 Å². The van der Waals surface area contributed by atoms with Gasteiger partial charge in [0.1, 0.15) is 0 Å². The molecule has 2 aliphatic heterocycles. The van der Waals surface area contributed by atoms with Crippen molar-refractivity contribution in [3.8, 4) is 0 Å². The molecule has 0 saturated carbocycles. The number of piperidine rings is 1. The van der Waals surface area contributed by atoms with Crippen molar-refractivity contribution in [1.82, 2.24) is 9.80 Å². The third kappa shape index (κ3) is 3.93. The molecule has 4 nitrogen and oxygen atoms in total. The van der Waals surface area contributed by atoms with E-state index < -0.39 is 0 Å². The van der Waals surface area contributed by atoms with Gasteiger partial charge >= 0.3 is 0 Å². The van der Waals surface area contributed by atoms with E-state index in [1.807, 2.05) is 6.07 Å². The third-order valence-corrected chi connectivity index (χ3v) is 5.47. The van der Waals surface area contributed by atoms with Gasteiger partial charge in [0.2, 0.25) is 5.91 Å². The number of hydrogen-bond acceptors (Lipinski definition) is 3. The molecule has 2 unspecified atom stereocenters. The molecule has 0 spiro atoms. The van der Waals surface area contributed by atoms with Crippen molar-refractivity contribution >= 4 is 5.91 Å². The summed E-state index contributed by atoms with van der Waals surface area (Å²) in [5.74, 6) is 0.907. The molecule has 0 aliphatic carbocycles. The van der Waals surface area contributed by atoms with Crippen molar-refractivity contribution in [3.63, 3.8) is 0 Å². The number of carbonyl (C=O) groups is 1. The van der Waals surface area contributed by atoms with Gasteiger partial charge in [-0.05, 0) is 50.6 Å². The maximum Gasteiger partial charge on any atom is 0.239 e. The number of nitrogens with two attached hydrogens (primary N) is 1. The van der Waals surface area contributed by atoms with Crippen LogP contribution in [0.25, 0.3) is 0 Å². The number of hydrogen-bond donors (Lipinski definition) is 1. The van der Waals surface area contributed by atoms with Crippen molar-refractivity contribution in [2.75, 3.05) is 19.6 Å². The lowest BCUT2D eigenvalue weighted by Gasteiger charge is -2.36. The van der Waals surface area contributed by atoms with Gasteiger partial charge < -0.3 is 10.6 Å². The lowest BCUT2D eigenvalue weighted by molar-refractivity contribution is -0.137. The molecule has 23 heavy (non-hydrogen) atoms. The summed E-state index contributed by atoms with van der Waals surface area (Å²) in [5, 5.41) is 0. The lowest BCUT2D eigenvalue weighted by atomic mass is 9.90. The van der Waals surface area contributed by atoms with Crippen molar-refractivity contribution in [2.24, 2.45) is 11.7 Å². The smallest absolute Gasteiger partial charge is 0.239 e. The Hall–Kier alpha value is -1.39. The zero-order chi connectivity index (χ0) is 16.2. The van der Waals surface area contributed by atoms with Crippen molar-refractivity contribution in [2.45, 2.75) is 51.2 Å². The van der Waals surface area contributed by atoms with Crippen LogP contribution >= 0.6 is 0 Å². The van der Waals surface area contributed by atoms with E-state index in [0.717, 1.165) is 51.9 Å². The number of nitrogens with zero attached hydrogens (tertiary/aromatic N) is 2. The van der Waals surface area contributed by atoms with Crippen LogP contribution in [0.5, 0.6) is 0 Å². The van der Waals surface area contributed by atoms with Crippen LogP contribution in [0.4, 0.5) is 0 Å². The van der Waals surface area contributed by atoms with Gasteiger partial charge in [0.05, 0.1) is 6.04 Å². The van der Waals surface area contributed by atoms with Gasteiger partial charge in [0, 0.05) is 25.7 Å². The molecule has 2 aliphatic rings. The number of benzene rings is 1. The minimum Gasteiger partial charge on any atom is -0.341 e. The second-order valence-electron chi connectivity index (χ2n) is 7.14. The molecule has 2 N–H and O–H groups in total. The van der Waals surface area contributed by atoms with Gasteiger partial charge in [-0.2, -0.15) is 0 Å². The molecule has 2 atom stereocenters. The summed E-state index contributed by atoms with van der Waals surface area (Å²) in [6, 6.07) is 10.8. The fourth-order valence-electron chi connectivity index (χ4n) is 3.97. The van der Waals surface area contributed by atoms with E-state index in [2.05, 4.69) is 41.0 Å². The number of rotatable bonds is 4. The average molecular weight is 315 g/mol. The van der Waals surface area contributed by atoms with E-state index >= 15 is 0 Å². The Morgan fingerprint density at radius 3 is 2.52 bits per heavy atom. The summed E-state index contributed by atoms with van der Waals surface area (Å²) in [4.78, 5) is 17.4. The summed E-state index contributed by atoms with van der Waals surface area (Å²) < 4.78 is 0. The zero-order valence-electron chi connectivity index (χ0n) is 14.2. The van der Waals surface area contributed by atoms with Crippen LogP contribution in [0.3, 0.4) is 0 Å². The maximum absolute atomic E-state index is 12.9. The first-order chi connectivity index (χ1) is 11.1. The van der Waals surface area contributed by atoms with Gasteiger partial charge in [0.25, 0.3) is 0 Å². The first-order valence-corrected chi connectivity index (χ1v) is 8.97. The van der Waals surface area contributed by atoms with E-state index in [1.54, 1.807) is 0 Å². The minimum atomic E-state index is 0.0713. The highest BCUT2D eigenvalue weighted by Crippen LogP contribution is 2.25. The molecule has 0 bridgehead atoms. The van der Waals surface area contributed by atoms with Crippen LogP contribution in [-0.4, -0.2) is 47.4 Å². The van der Waals surface area contributed by atoms with Gasteiger partial charge in [0.15, 0.2) is 0 Å². The number of amides is 1. The van der Waals surface area contributed by atoms with Crippen LogP contribution < -0.4 is 5.73 Å². The predicted molar refractivity (Wildman–Crippen MR) is 92.8 cm³/mol. The van der Waals surface area contributed by atoms with E-state index in [4.69, 9.17) is 5.73 Å². The second-order valence-corrected chi connectivity index (χ2v) is 7.14. The zero-order valence-corrected chi connectivity index (χ0v) is 14.2. The summed E-state index contributed by atoms with van der Waals surface area (Å²) in [6.45, 7) is 5.75. The highest BCUT2D eigenvalue weighted by atomic mass is 16.2. The average Bonchev–Trinajstić information content (AvgIpc) is 3.03. The quantitative estimate of drug-likeness (QED) is 0.927. The topological polar surface area (TPSA) is 49.6 Å². The van der Waals surface area contributed by atoms with Crippen LogP contribution in [0.1, 0.15) is 38.2 Å². The van der Waals surface area contributed by atoms with Gasteiger partial charge in [-0.1, -0.05) is 30.3 Å². The minimum absolute atomic E-state index is 0.0713. The standard InChI is InChI=1S/C19H29N3O/c1-15(20)17-9-12-21(13-10-17)19(23)18-8-5-11-22(18)14-16-6-3-2-4-7-16/h2-4,6-7,15,17-18H,5,8-14,20H2,1H3. The maximum atomic E-state index is 12.9. The number of carbonyl (C=O) groups excluding carboxylic acids is 1. The van der Waals surface area contributed by atoms with Crippen molar-refractivity contribution in [3.05, 3.63) is 35.9 Å². The van der Waals surface area contributed by atoms with E-state index in [1.165, 1.54) is 5.56 Å². The molecule has 1 aromatic rings. The first kappa shape index (κ1) is 16.5. The molecule has 1 amide bonds. The molecule has 2 saturated heterocycles. The second kappa shape index (κ2) is 7.45. The third-order valence-electron chi connectivity index (χ3n) is 5.47. The fraction of sp³-hybridized carbons (Fsp3) is 0.632. The monoisotopic (exact) mass is 315 g/mol. The Labute approximate surface area is 139 Å². The lowest BCUT2D eigenvalue weighted by Crippen LogP contribution is -2.49. The molecule has 2 heterocycles. The van der Waals surface area contributed by atoms with Crippen LogP contribution in [-0.2, 0) is 11.3 Å². The summed E-state index contributed by atoms with van der Waals surface area (Å²) >= 11 is 0.